The lowest BCUT2D eigenvalue weighted by Crippen LogP contribution is -2.42. The fraction of sp³-hybridized carbons (Fsp3) is 0.394. The van der Waals surface area contributed by atoms with E-state index in [1.165, 1.54) is 0 Å². The summed E-state index contributed by atoms with van der Waals surface area (Å²) >= 11 is 6.25. The predicted molar refractivity (Wildman–Crippen MR) is 177 cm³/mol. The molecule has 1 aliphatic carbocycles. The molecule has 244 valence electrons. The molecule has 1 amide bonds. The van der Waals surface area contributed by atoms with Crippen LogP contribution in [0, 0.1) is 19.7 Å². The Morgan fingerprint density at radius 3 is 2.50 bits per heavy atom. The molecule has 0 spiro atoms. The molecule has 0 radical (unpaired) electrons. The first-order valence-corrected chi connectivity index (χ1v) is 15.4. The first kappa shape index (κ1) is 32.8. The molecule has 0 bridgehead atoms. The number of benzene rings is 1. The van der Waals surface area contributed by atoms with E-state index in [0.29, 0.717) is 17.1 Å². The minimum atomic E-state index is -0.866. The van der Waals surface area contributed by atoms with E-state index in [0.717, 1.165) is 65.7 Å². The van der Waals surface area contributed by atoms with Gasteiger partial charge in [-0.15, -0.1) is 0 Å². The lowest BCUT2D eigenvalue weighted by Gasteiger charge is -2.31. The lowest BCUT2D eigenvalue weighted by atomic mass is 9.91. The van der Waals surface area contributed by atoms with Crippen molar-refractivity contribution in [2.45, 2.75) is 78.0 Å². The van der Waals surface area contributed by atoms with Crippen molar-refractivity contribution < 1.29 is 23.8 Å². The van der Waals surface area contributed by atoms with E-state index < -0.39 is 23.3 Å². The molecule has 46 heavy (non-hydrogen) atoms. The Labute approximate surface area is 272 Å². The number of amidine groups is 1. The second-order valence-corrected chi connectivity index (χ2v) is 12.9. The number of ether oxygens (including phenoxy) is 2. The molecule has 4 aromatic rings. The predicted octanol–water partition coefficient (Wildman–Crippen LogP) is 6.80. The van der Waals surface area contributed by atoms with E-state index >= 15 is 0 Å². The summed E-state index contributed by atoms with van der Waals surface area (Å²) in [6.45, 7) is 9.44. The van der Waals surface area contributed by atoms with Gasteiger partial charge in [-0.25, -0.2) is 23.7 Å². The number of nitrogens with two attached hydrogens (primary N) is 1. The van der Waals surface area contributed by atoms with Crippen molar-refractivity contribution >= 4 is 40.4 Å². The van der Waals surface area contributed by atoms with Gasteiger partial charge in [-0.2, -0.15) is 5.10 Å². The Bertz CT molecular complexity index is 1790. The van der Waals surface area contributed by atoms with Crippen LogP contribution in [0.15, 0.2) is 41.7 Å². The molecule has 1 aliphatic rings. The molecule has 1 fully saturated rings. The third kappa shape index (κ3) is 7.28. The molecule has 1 saturated carbocycles. The van der Waals surface area contributed by atoms with Gasteiger partial charge < -0.3 is 30.9 Å². The highest BCUT2D eigenvalue weighted by molar-refractivity contribution is 6.33. The maximum atomic E-state index is 14.2. The van der Waals surface area contributed by atoms with Crippen molar-refractivity contribution in [3.8, 4) is 22.8 Å². The Kier molecular flexibility index (Phi) is 9.29. The fourth-order valence-electron chi connectivity index (χ4n) is 5.74. The van der Waals surface area contributed by atoms with Crippen LogP contribution >= 0.6 is 11.6 Å². The van der Waals surface area contributed by atoms with Crippen LogP contribution in [0.25, 0.3) is 16.6 Å². The molecule has 0 aliphatic heterocycles. The molecular formula is C33H39ClFN7O4. The van der Waals surface area contributed by atoms with E-state index in [9.17, 15) is 14.3 Å². The van der Waals surface area contributed by atoms with E-state index in [-0.39, 0.29) is 28.6 Å². The highest BCUT2D eigenvalue weighted by Crippen LogP contribution is 2.36. The summed E-state index contributed by atoms with van der Waals surface area (Å²) in [5.74, 6) is -0.847. The van der Waals surface area contributed by atoms with Crippen molar-refractivity contribution in [1.82, 2.24) is 19.9 Å². The van der Waals surface area contributed by atoms with Crippen LogP contribution in [0.1, 0.15) is 63.3 Å². The molecule has 5 N–H and O–H groups in total. The number of anilines is 1. The number of amides is 1. The Morgan fingerprint density at radius 1 is 1.15 bits per heavy atom. The fourth-order valence-corrected chi connectivity index (χ4v) is 5.94. The van der Waals surface area contributed by atoms with Gasteiger partial charge in [0, 0.05) is 53.3 Å². The normalized spacial score (nSPS) is 17.2. The number of pyridine rings is 1. The monoisotopic (exact) mass is 651 g/mol. The number of nitrogens with one attached hydrogen (secondary N) is 2. The number of methoxy groups -OCH3 is 1. The summed E-state index contributed by atoms with van der Waals surface area (Å²) < 4.78 is 26.7. The first-order chi connectivity index (χ1) is 21.7. The number of carbonyl (C=O) groups excluding carboxylic acids is 1. The number of rotatable bonds is 7. The zero-order valence-electron chi connectivity index (χ0n) is 26.7. The molecule has 13 heteroatoms. The summed E-state index contributed by atoms with van der Waals surface area (Å²) in [5, 5.41) is 21.0. The van der Waals surface area contributed by atoms with Gasteiger partial charge in [0.05, 0.1) is 40.8 Å². The topological polar surface area (TPSA) is 148 Å². The van der Waals surface area contributed by atoms with Gasteiger partial charge in [-0.05, 0) is 71.9 Å². The summed E-state index contributed by atoms with van der Waals surface area (Å²) in [7, 11) is 1.59. The number of fused-ring (bicyclic) bond motifs is 1. The smallest absolute Gasteiger partial charge is 0.407 e. The largest absolute Gasteiger partial charge is 0.505 e. The number of aliphatic imine (C=N–C) groups is 1. The van der Waals surface area contributed by atoms with E-state index in [4.69, 9.17) is 26.8 Å². The Hall–Kier alpha value is -4.58. The third-order valence-corrected chi connectivity index (χ3v) is 8.14. The molecular weight excluding hydrogens is 613 g/mol. The van der Waals surface area contributed by atoms with E-state index in [1.54, 1.807) is 17.8 Å². The van der Waals surface area contributed by atoms with Crippen LogP contribution in [-0.4, -0.2) is 56.4 Å². The molecule has 0 atom stereocenters. The molecule has 1 aromatic carbocycles. The van der Waals surface area contributed by atoms with E-state index in [1.807, 2.05) is 52.9 Å². The average molecular weight is 652 g/mol. The van der Waals surface area contributed by atoms with Crippen molar-refractivity contribution in [1.29, 1.82) is 0 Å². The second kappa shape index (κ2) is 13.0. The highest BCUT2D eigenvalue weighted by Gasteiger charge is 2.27. The Balaban J connectivity index is 1.51. The minimum Gasteiger partial charge on any atom is -0.505 e. The number of aromatic hydroxyl groups is 1. The van der Waals surface area contributed by atoms with Gasteiger partial charge in [0.2, 0.25) is 5.88 Å². The summed E-state index contributed by atoms with van der Waals surface area (Å²) in [5.41, 5.74) is 11.6. The number of aryl methyl sites for hydroxylation is 2. The number of alkyl carbamates (subject to hydrolysis) is 1. The maximum absolute atomic E-state index is 14.2. The maximum Gasteiger partial charge on any atom is 0.407 e. The number of hydrogen-bond donors (Lipinski definition) is 4. The van der Waals surface area contributed by atoms with Crippen LogP contribution < -0.4 is 21.1 Å². The van der Waals surface area contributed by atoms with Gasteiger partial charge in [0.15, 0.2) is 11.6 Å². The lowest BCUT2D eigenvalue weighted by molar-refractivity contribution is 0.0492. The number of nitrogens with zero attached hydrogens (tertiary/aromatic N) is 4. The zero-order chi connectivity index (χ0) is 33.3. The number of aromatic nitrogens is 3. The first-order valence-electron chi connectivity index (χ1n) is 15.0. The van der Waals surface area contributed by atoms with Crippen molar-refractivity contribution in [2.24, 2.45) is 10.7 Å². The Morgan fingerprint density at radius 2 is 1.85 bits per heavy atom. The van der Waals surface area contributed by atoms with Crippen molar-refractivity contribution in [3.63, 3.8) is 0 Å². The number of hydrogen-bond acceptors (Lipinski definition) is 8. The quantitative estimate of drug-likeness (QED) is 0.126. The second-order valence-electron chi connectivity index (χ2n) is 12.5. The molecule has 0 saturated heterocycles. The minimum absolute atomic E-state index is 0.00331. The van der Waals surface area contributed by atoms with Crippen LogP contribution in [0.3, 0.4) is 0 Å². The summed E-state index contributed by atoms with van der Waals surface area (Å²) in [4.78, 5) is 21.3. The van der Waals surface area contributed by atoms with Crippen molar-refractivity contribution in [2.75, 3.05) is 12.4 Å². The molecule has 5 rings (SSSR count). The molecule has 3 heterocycles. The average Bonchev–Trinajstić information content (AvgIpc) is 3.39. The van der Waals surface area contributed by atoms with Crippen LogP contribution in [-0.2, 0) is 4.74 Å². The number of phenolic OH excluding ortho intramolecular Hbond substituents is 1. The van der Waals surface area contributed by atoms with Crippen LogP contribution in [0.2, 0.25) is 5.02 Å². The molecule has 3 aromatic heterocycles. The van der Waals surface area contributed by atoms with Crippen molar-refractivity contribution in [3.05, 3.63) is 64.3 Å². The summed E-state index contributed by atoms with van der Waals surface area (Å²) in [6, 6.07) is 6.06. The van der Waals surface area contributed by atoms with Gasteiger partial charge in [-0.3, -0.25) is 0 Å². The van der Waals surface area contributed by atoms with Gasteiger partial charge in [-0.1, -0.05) is 11.6 Å². The van der Waals surface area contributed by atoms with Crippen LogP contribution in [0.5, 0.6) is 11.6 Å². The third-order valence-electron chi connectivity index (χ3n) is 7.84. The standard InChI is InChI=1S/C33H39ClFN7O4/c1-17-11-28(45-6)38-18(2)29(17)19-12-26-30(39-20-7-9-21(10-8-20)40-32(44)46-33(3,4)5)22(15-37-42(26)16-19)31(36)41-25-14-24(35)27(43)13-23(25)34/h11-16,20-21,39,43H,7-10H2,1-6H3,(H2,36,41)(H,40,44)/t20-,21-. The number of carbonyl (C=O) groups is 1. The van der Waals surface area contributed by atoms with Gasteiger partial charge >= 0.3 is 6.09 Å². The molecule has 11 nitrogen and oxygen atoms in total. The van der Waals surface area contributed by atoms with Gasteiger partial charge in [0.25, 0.3) is 0 Å². The van der Waals surface area contributed by atoms with Gasteiger partial charge in [0.1, 0.15) is 11.4 Å². The summed E-state index contributed by atoms with van der Waals surface area (Å²) in [6.07, 6.45) is 6.15. The SMILES string of the molecule is COc1cc(C)c(-c2cc3c(N[C@H]4CC[C@H](NC(=O)OC(C)(C)C)CC4)c(C(N)=Nc4cc(F)c(O)cc4Cl)cnn3c2)c(C)n1. The molecule has 0 unspecified atom stereocenters. The number of halogens is 2. The zero-order valence-corrected chi connectivity index (χ0v) is 27.5. The van der Waals surface area contributed by atoms with Crippen LogP contribution in [0.4, 0.5) is 20.6 Å². The highest BCUT2D eigenvalue weighted by atomic mass is 35.5. The van der Waals surface area contributed by atoms with E-state index in [2.05, 4.69) is 25.7 Å². The number of phenols is 1.